The molecular formula is C10H22O10. The molecule has 0 heterocycles. The molecule has 0 fully saturated rings. The van der Waals surface area contributed by atoms with E-state index in [1.54, 1.807) is 0 Å². The third-order valence-electron chi connectivity index (χ3n) is 2.20. The molecule has 0 aliphatic carbocycles. The molecule has 0 aliphatic rings. The van der Waals surface area contributed by atoms with Gasteiger partial charge in [0, 0.05) is 0 Å². The van der Waals surface area contributed by atoms with Crippen molar-refractivity contribution in [1.82, 2.24) is 0 Å². The predicted molar refractivity (Wildman–Crippen MR) is 63.4 cm³/mol. The molecule has 10 nitrogen and oxygen atoms in total. The first-order chi connectivity index (χ1) is 9.26. The lowest BCUT2D eigenvalue weighted by Gasteiger charge is -2.19. The SMILES string of the molecule is O=C(CO)[C@@H](O)[C@H](O)CO.OC[C@@H](O)C(O)[C@@H](O)CO. The highest BCUT2D eigenvalue weighted by molar-refractivity contribution is 5.84. The molecule has 0 aromatic carbocycles. The molecule has 0 saturated heterocycles. The molecule has 0 spiro atoms. The van der Waals surface area contributed by atoms with Crippen molar-refractivity contribution in [3.8, 4) is 0 Å². The smallest absolute Gasteiger partial charge is 0.189 e. The fraction of sp³-hybridized carbons (Fsp3) is 0.900. The molecule has 5 atom stereocenters. The van der Waals surface area contributed by atoms with Crippen LogP contribution in [-0.4, -0.2) is 109 Å². The molecule has 20 heavy (non-hydrogen) atoms. The zero-order chi connectivity index (χ0) is 16.3. The fourth-order valence-electron chi connectivity index (χ4n) is 0.880. The maximum atomic E-state index is 10.3. The number of hydrogen-bond donors (Lipinski definition) is 9. The largest absolute Gasteiger partial charge is 0.394 e. The molecule has 0 rings (SSSR count). The van der Waals surface area contributed by atoms with Gasteiger partial charge in [-0.1, -0.05) is 0 Å². The van der Waals surface area contributed by atoms with E-state index in [1.807, 2.05) is 0 Å². The third-order valence-corrected chi connectivity index (χ3v) is 2.20. The van der Waals surface area contributed by atoms with E-state index in [4.69, 9.17) is 46.0 Å². The topological polar surface area (TPSA) is 199 Å². The number of aliphatic hydroxyl groups is 9. The van der Waals surface area contributed by atoms with Gasteiger partial charge < -0.3 is 46.0 Å². The van der Waals surface area contributed by atoms with E-state index in [0.29, 0.717) is 0 Å². The van der Waals surface area contributed by atoms with E-state index in [-0.39, 0.29) is 0 Å². The second-order valence-electron chi connectivity index (χ2n) is 3.81. The lowest BCUT2D eigenvalue weighted by Crippen LogP contribution is -2.41. The van der Waals surface area contributed by atoms with Crippen LogP contribution in [0.5, 0.6) is 0 Å². The molecule has 0 aliphatic heterocycles. The van der Waals surface area contributed by atoms with Crippen LogP contribution in [0.25, 0.3) is 0 Å². The number of Topliss-reactive ketones (excluding diaryl/α,β-unsaturated/α-hetero) is 1. The van der Waals surface area contributed by atoms with Crippen molar-refractivity contribution in [3.05, 3.63) is 0 Å². The highest BCUT2D eigenvalue weighted by Crippen LogP contribution is 1.98. The number of ketones is 1. The standard InChI is InChI=1S/C5H12O5.C5H10O5/c2*6-1-3(8)5(10)4(9)2-7/h3-10H,1-2H2;3,5-8,10H,1-2H2/t3-,4+,5?;3-,5+/m.1/s1. The number of hydrogen-bond acceptors (Lipinski definition) is 10. The molecule has 0 aromatic heterocycles. The summed E-state index contributed by atoms with van der Waals surface area (Å²) < 4.78 is 0. The zero-order valence-corrected chi connectivity index (χ0v) is 10.6. The number of aliphatic hydroxyl groups excluding tert-OH is 9. The maximum absolute atomic E-state index is 10.3. The van der Waals surface area contributed by atoms with Gasteiger partial charge in [0.05, 0.1) is 19.8 Å². The van der Waals surface area contributed by atoms with Crippen LogP contribution < -0.4 is 0 Å². The Morgan fingerprint density at radius 2 is 1.05 bits per heavy atom. The Kier molecular flexibility index (Phi) is 13.1. The van der Waals surface area contributed by atoms with Crippen LogP contribution in [0.2, 0.25) is 0 Å². The van der Waals surface area contributed by atoms with Crippen LogP contribution in [-0.2, 0) is 4.79 Å². The Labute approximate surface area is 114 Å². The summed E-state index contributed by atoms with van der Waals surface area (Å²) >= 11 is 0. The molecule has 0 saturated carbocycles. The van der Waals surface area contributed by atoms with Crippen molar-refractivity contribution in [2.24, 2.45) is 0 Å². The quantitative estimate of drug-likeness (QED) is 0.208. The van der Waals surface area contributed by atoms with E-state index >= 15 is 0 Å². The zero-order valence-electron chi connectivity index (χ0n) is 10.6. The Balaban J connectivity index is 0. The lowest BCUT2D eigenvalue weighted by molar-refractivity contribution is -0.137. The Hall–Kier alpha value is -0.690. The van der Waals surface area contributed by atoms with Crippen LogP contribution in [0, 0.1) is 0 Å². The minimum absolute atomic E-state index is 0.641. The van der Waals surface area contributed by atoms with Crippen LogP contribution in [0.4, 0.5) is 0 Å². The van der Waals surface area contributed by atoms with E-state index in [1.165, 1.54) is 0 Å². The van der Waals surface area contributed by atoms with Gasteiger partial charge in [0.2, 0.25) is 0 Å². The highest BCUT2D eigenvalue weighted by Gasteiger charge is 2.23. The number of rotatable bonds is 8. The minimum atomic E-state index is -1.69. The molecular weight excluding hydrogens is 280 g/mol. The second-order valence-corrected chi connectivity index (χ2v) is 3.81. The average Bonchev–Trinajstić information content (AvgIpc) is 2.50. The van der Waals surface area contributed by atoms with Crippen molar-refractivity contribution in [1.29, 1.82) is 0 Å². The molecule has 0 bridgehead atoms. The van der Waals surface area contributed by atoms with Crippen molar-refractivity contribution in [3.63, 3.8) is 0 Å². The van der Waals surface area contributed by atoms with Crippen LogP contribution in [0.15, 0.2) is 0 Å². The molecule has 9 N–H and O–H groups in total. The fourth-order valence-corrected chi connectivity index (χ4v) is 0.880. The van der Waals surface area contributed by atoms with Crippen LogP contribution >= 0.6 is 0 Å². The van der Waals surface area contributed by atoms with Gasteiger partial charge in [-0.25, -0.2) is 0 Å². The Morgan fingerprint density at radius 3 is 1.30 bits per heavy atom. The van der Waals surface area contributed by atoms with E-state index < -0.39 is 62.7 Å². The van der Waals surface area contributed by atoms with Gasteiger partial charge in [-0.15, -0.1) is 0 Å². The normalized spacial score (nSPS) is 18.2. The van der Waals surface area contributed by atoms with Crippen LogP contribution in [0.1, 0.15) is 0 Å². The van der Waals surface area contributed by atoms with Gasteiger partial charge in [-0.05, 0) is 0 Å². The monoisotopic (exact) mass is 302 g/mol. The van der Waals surface area contributed by atoms with Gasteiger partial charge in [-0.2, -0.15) is 0 Å². The van der Waals surface area contributed by atoms with E-state index in [0.717, 1.165) is 0 Å². The van der Waals surface area contributed by atoms with Crippen molar-refractivity contribution in [2.75, 3.05) is 26.4 Å². The lowest BCUT2D eigenvalue weighted by atomic mass is 10.1. The first kappa shape index (κ1) is 21.6. The molecule has 0 radical (unpaired) electrons. The van der Waals surface area contributed by atoms with Gasteiger partial charge >= 0.3 is 0 Å². The Morgan fingerprint density at radius 1 is 0.700 bits per heavy atom. The summed E-state index contributed by atoms with van der Waals surface area (Å²) in [4.78, 5) is 10.3. The van der Waals surface area contributed by atoms with Gasteiger partial charge in [0.15, 0.2) is 5.78 Å². The van der Waals surface area contributed by atoms with E-state index in [9.17, 15) is 4.79 Å². The van der Waals surface area contributed by atoms with Gasteiger partial charge in [0.1, 0.15) is 37.1 Å². The third kappa shape index (κ3) is 8.47. The molecule has 0 aromatic rings. The van der Waals surface area contributed by atoms with Gasteiger partial charge in [0.25, 0.3) is 0 Å². The first-order valence-electron chi connectivity index (χ1n) is 5.63. The summed E-state index contributed by atoms with van der Waals surface area (Å²) in [5.74, 6) is -0.901. The molecule has 0 amide bonds. The Bertz CT molecular complexity index is 238. The second kappa shape index (κ2) is 12.1. The van der Waals surface area contributed by atoms with Crippen molar-refractivity contribution in [2.45, 2.75) is 30.5 Å². The first-order valence-corrected chi connectivity index (χ1v) is 5.63. The number of carbonyl (C=O) groups excluding carboxylic acids is 1. The van der Waals surface area contributed by atoms with Gasteiger partial charge in [-0.3, -0.25) is 4.79 Å². The predicted octanol–water partition coefficient (Wildman–Crippen LogP) is -5.68. The van der Waals surface area contributed by atoms with Crippen LogP contribution in [0.3, 0.4) is 0 Å². The van der Waals surface area contributed by atoms with E-state index in [2.05, 4.69) is 0 Å². The average molecular weight is 302 g/mol. The molecule has 122 valence electrons. The summed E-state index contributed by atoms with van der Waals surface area (Å²) in [6.45, 7) is -2.82. The van der Waals surface area contributed by atoms with Crippen molar-refractivity contribution < 1.29 is 50.8 Å². The molecule has 10 heteroatoms. The summed E-state index contributed by atoms with van der Waals surface area (Å²) in [6.07, 6.45) is -7.48. The summed E-state index contributed by atoms with van der Waals surface area (Å²) in [6, 6.07) is 0. The maximum Gasteiger partial charge on any atom is 0.189 e. The summed E-state index contributed by atoms with van der Waals surface area (Å²) in [5, 5.41) is 76.2. The molecule has 1 unspecified atom stereocenters. The summed E-state index contributed by atoms with van der Waals surface area (Å²) in [5.41, 5.74) is 0. The number of carbonyl (C=O) groups is 1. The highest BCUT2D eigenvalue weighted by atomic mass is 16.4. The van der Waals surface area contributed by atoms with Crippen molar-refractivity contribution >= 4 is 5.78 Å². The minimum Gasteiger partial charge on any atom is -0.394 e. The summed E-state index contributed by atoms with van der Waals surface area (Å²) in [7, 11) is 0.